The molecule has 0 unspecified atom stereocenters. The fourth-order valence-corrected chi connectivity index (χ4v) is 2.71. The molecule has 0 fully saturated rings. The quantitative estimate of drug-likeness (QED) is 0.493. The van der Waals surface area contributed by atoms with Crippen molar-refractivity contribution in [2.75, 3.05) is 20.1 Å². The summed E-state index contributed by atoms with van der Waals surface area (Å²) < 4.78 is 13.6. The molecule has 3 aromatic rings. The van der Waals surface area contributed by atoms with Crippen LogP contribution in [0.5, 0.6) is 11.5 Å². The molecule has 2 N–H and O–H groups in total. The SMILES string of the molecule is C#CCn1c(=O)c2c(nc(C#Cc3ccc(OC)c(OC)c3)n2C)n(N)c1=O. The van der Waals surface area contributed by atoms with Gasteiger partial charge in [-0.15, -0.1) is 6.42 Å². The van der Waals surface area contributed by atoms with Crippen molar-refractivity contribution in [3.05, 3.63) is 50.4 Å². The van der Waals surface area contributed by atoms with Crippen LogP contribution in [0.25, 0.3) is 11.2 Å². The first kappa shape index (κ1) is 18.7. The molecular formula is C19H17N5O4. The Labute approximate surface area is 159 Å². The topological polar surface area (TPSA) is 106 Å². The Morgan fingerprint density at radius 2 is 1.89 bits per heavy atom. The number of hydrogen-bond acceptors (Lipinski definition) is 6. The van der Waals surface area contributed by atoms with Gasteiger partial charge >= 0.3 is 5.69 Å². The van der Waals surface area contributed by atoms with E-state index in [1.54, 1.807) is 32.4 Å². The number of hydrogen-bond donors (Lipinski definition) is 1. The third-order valence-corrected chi connectivity index (χ3v) is 4.14. The Morgan fingerprint density at radius 3 is 2.54 bits per heavy atom. The molecule has 0 aliphatic rings. The number of aryl methyl sites for hydroxylation is 1. The summed E-state index contributed by atoms with van der Waals surface area (Å²) in [6.07, 6.45) is 5.23. The average Bonchev–Trinajstić information content (AvgIpc) is 3.04. The molecule has 9 heteroatoms. The van der Waals surface area contributed by atoms with Gasteiger partial charge in [0, 0.05) is 12.6 Å². The van der Waals surface area contributed by atoms with Gasteiger partial charge < -0.3 is 19.9 Å². The van der Waals surface area contributed by atoms with Crippen LogP contribution in [-0.2, 0) is 13.6 Å². The van der Waals surface area contributed by atoms with Gasteiger partial charge in [0.15, 0.2) is 28.5 Å². The van der Waals surface area contributed by atoms with Crippen LogP contribution in [0.2, 0.25) is 0 Å². The van der Waals surface area contributed by atoms with Crippen molar-refractivity contribution in [3.63, 3.8) is 0 Å². The van der Waals surface area contributed by atoms with E-state index in [-0.39, 0.29) is 23.5 Å². The van der Waals surface area contributed by atoms with E-state index in [0.29, 0.717) is 17.1 Å². The summed E-state index contributed by atoms with van der Waals surface area (Å²) in [5.41, 5.74) is -0.502. The standard InChI is InChI=1S/C19H17N5O4/c1-5-10-23-18(25)16-17(24(20)19(23)26)21-15(22(16)2)9-7-12-6-8-13(27-3)14(11-12)28-4/h1,6,8,11H,10,20H2,2-4H3. The number of ether oxygens (including phenoxy) is 2. The number of nitrogens with zero attached hydrogens (tertiary/aromatic N) is 4. The van der Waals surface area contributed by atoms with Gasteiger partial charge in [-0.3, -0.25) is 4.79 Å². The second-order valence-electron chi connectivity index (χ2n) is 5.73. The lowest BCUT2D eigenvalue weighted by Crippen LogP contribution is -2.43. The highest BCUT2D eigenvalue weighted by atomic mass is 16.5. The fraction of sp³-hybridized carbons (Fsp3) is 0.211. The molecule has 0 amide bonds. The summed E-state index contributed by atoms with van der Waals surface area (Å²) in [4.78, 5) is 29.1. The highest BCUT2D eigenvalue weighted by Crippen LogP contribution is 2.27. The Hall–Kier alpha value is -4.11. The van der Waals surface area contributed by atoms with Crippen molar-refractivity contribution in [3.8, 4) is 35.7 Å². The first-order valence-electron chi connectivity index (χ1n) is 8.07. The van der Waals surface area contributed by atoms with E-state index in [9.17, 15) is 9.59 Å². The van der Waals surface area contributed by atoms with Crippen molar-refractivity contribution < 1.29 is 9.47 Å². The predicted octanol–water partition coefficient (Wildman–Crippen LogP) is -0.339. The molecule has 9 nitrogen and oxygen atoms in total. The van der Waals surface area contributed by atoms with E-state index in [0.717, 1.165) is 9.24 Å². The van der Waals surface area contributed by atoms with E-state index in [1.165, 1.54) is 11.7 Å². The number of terminal acetylenes is 1. The monoisotopic (exact) mass is 379 g/mol. The maximum absolute atomic E-state index is 12.6. The third kappa shape index (κ3) is 2.95. The number of benzene rings is 1. The van der Waals surface area contributed by atoms with Crippen LogP contribution < -0.4 is 26.6 Å². The van der Waals surface area contributed by atoms with E-state index in [2.05, 4.69) is 22.7 Å². The first-order chi connectivity index (χ1) is 13.4. The molecule has 0 radical (unpaired) electrons. The number of aromatic nitrogens is 4. The van der Waals surface area contributed by atoms with Crippen molar-refractivity contribution in [2.45, 2.75) is 6.54 Å². The van der Waals surface area contributed by atoms with Crippen LogP contribution in [0.1, 0.15) is 11.4 Å². The van der Waals surface area contributed by atoms with Crippen molar-refractivity contribution in [1.29, 1.82) is 0 Å². The maximum atomic E-state index is 12.6. The number of methoxy groups -OCH3 is 2. The van der Waals surface area contributed by atoms with Gasteiger partial charge in [-0.1, -0.05) is 11.8 Å². The number of imidazole rings is 1. The molecule has 2 heterocycles. The second-order valence-corrected chi connectivity index (χ2v) is 5.73. The van der Waals surface area contributed by atoms with Crippen LogP contribution in [0.3, 0.4) is 0 Å². The first-order valence-corrected chi connectivity index (χ1v) is 8.07. The molecule has 2 aromatic heterocycles. The van der Waals surface area contributed by atoms with Crippen molar-refractivity contribution in [2.24, 2.45) is 7.05 Å². The van der Waals surface area contributed by atoms with Crippen LogP contribution in [0.15, 0.2) is 27.8 Å². The number of fused-ring (bicyclic) bond motifs is 1. The highest BCUT2D eigenvalue weighted by molar-refractivity contribution is 5.72. The minimum absolute atomic E-state index is 0.0300. The molecule has 0 saturated heterocycles. The van der Waals surface area contributed by atoms with Crippen LogP contribution in [0, 0.1) is 24.2 Å². The molecule has 0 bridgehead atoms. The van der Waals surface area contributed by atoms with Gasteiger partial charge in [-0.25, -0.2) is 14.3 Å². The molecule has 0 spiro atoms. The molecule has 0 saturated carbocycles. The van der Waals surface area contributed by atoms with Gasteiger partial charge in [0.1, 0.15) is 0 Å². The summed E-state index contributed by atoms with van der Waals surface area (Å²) >= 11 is 0. The molecule has 142 valence electrons. The van der Waals surface area contributed by atoms with E-state index in [4.69, 9.17) is 21.7 Å². The van der Waals surface area contributed by atoms with Crippen molar-refractivity contribution >= 4 is 11.2 Å². The van der Waals surface area contributed by atoms with E-state index < -0.39 is 11.2 Å². The Morgan fingerprint density at radius 1 is 1.18 bits per heavy atom. The Kier molecular flexibility index (Phi) is 4.84. The number of nitrogens with two attached hydrogens (primary N) is 1. The van der Waals surface area contributed by atoms with Gasteiger partial charge in [-0.05, 0) is 24.1 Å². The highest BCUT2D eigenvalue weighted by Gasteiger charge is 2.17. The summed E-state index contributed by atoms with van der Waals surface area (Å²) in [5.74, 6) is 15.3. The zero-order valence-corrected chi connectivity index (χ0v) is 15.5. The van der Waals surface area contributed by atoms with Crippen molar-refractivity contribution in [1.82, 2.24) is 18.8 Å². The van der Waals surface area contributed by atoms with Crippen LogP contribution in [-0.4, -0.2) is 33.0 Å². The van der Waals surface area contributed by atoms with Gasteiger partial charge in [-0.2, -0.15) is 4.68 Å². The van der Waals surface area contributed by atoms with E-state index >= 15 is 0 Å². The predicted molar refractivity (Wildman–Crippen MR) is 104 cm³/mol. The maximum Gasteiger partial charge on any atom is 0.352 e. The number of rotatable bonds is 3. The third-order valence-electron chi connectivity index (χ3n) is 4.14. The molecule has 0 aliphatic carbocycles. The van der Waals surface area contributed by atoms with Gasteiger partial charge in [0.05, 0.1) is 20.8 Å². The van der Waals surface area contributed by atoms with Crippen LogP contribution >= 0.6 is 0 Å². The van der Waals surface area contributed by atoms with Crippen LogP contribution in [0.4, 0.5) is 0 Å². The van der Waals surface area contributed by atoms with E-state index in [1.807, 2.05) is 0 Å². The lowest BCUT2D eigenvalue weighted by molar-refractivity contribution is 0.355. The lowest BCUT2D eigenvalue weighted by Gasteiger charge is -2.06. The molecule has 28 heavy (non-hydrogen) atoms. The molecule has 3 rings (SSSR count). The normalized spacial score (nSPS) is 10.2. The summed E-state index contributed by atoms with van der Waals surface area (Å²) in [6.45, 7) is -0.192. The summed E-state index contributed by atoms with van der Waals surface area (Å²) in [7, 11) is 4.68. The van der Waals surface area contributed by atoms with Gasteiger partial charge in [0.25, 0.3) is 5.56 Å². The fourth-order valence-electron chi connectivity index (χ4n) is 2.71. The Balaban J connectivity index is 2.16. The summed E-state index contributed by atoms with van der Waals surface area (Å²) in [5, 5.41) is 0. The summed E-state index contributed by atoms with van der Waals surface area (Å²) in [6, 6.07) is 5.21. The zero-order chi connectivity index (χ0) is 20.4. The average molecular weight is 379 g/mol. The molecule has 0 atom stereocenters. The number of nitrogen functional groups attached to an aromatic ring is 1. The smallest absolute Gasteiger partial charge is 0.352 e. The minimum Gasteiger partial charge on any atom is -0.493 e. The minimum atomic E-state index is -0.743. The molecular weight excluding hydrogens is 362 g/mol. The lowest BCUT2D eigenvalue weighted by atomic mass is 10.2. The molecule has 1 aromatic carbocycles. The zero-order valence-electron chi connectivity index (χ0n) is 15.5. The Bertz CT molecular complexity index is 1290. The molecule has 0 aliphatic heterocycles. The van der Waals surface area contributed by atoms with Gasteiger partial charge in [0.2, 0.25) is 0 Å². The second kappa shape index (κ2) is 7.25. The largest absolute Gasteiger partial charge is 0.493 e.